The molecule has 0 bridgehead atoms. The van der Waals surface area contributed by atoms with Crippen molar-refractivity contribution in [3.05, 3.63) is 24.0 Å². The number of ketones is 1. The minimum absolute atomic E-state index is 0.352. The van der Waals surface area contributed by atoms with Crippen LogP contribution in [0, 0.1) is 0 Å². The SMILES string of the molecule is CCOc1cncc(C2CCC(=O)C2)c1. The van der Waals surface area contributed by atoms with Crippen LogP contribution < -0.4 is 4.74 Å². The fourth-order valence-electron chi connectivity index (χ4n) is 2.00. The summed E-state index contributed by atoms with van der Waals surface area (Å²) in [7, 11) is 0. The van der Waals surface area contributed by atoms with Crippen LogP contribution in [-0.4, -0.2) is 17.4 Å². The van der Waals surface area contributed by atoms with Crippen LogP contribution in [0.2, 0.25) is 0 Å². The van der Waals surface area contributed by atoms with Gasteiger partial charge in [0.05, 0.1) is 12.8 Å². The largest absolute Gasteiger partial charge is 0.492 e. The second-order valence-electron chi connectivity index (χ2n) is 3.87. The highest BCUT2D eigenvalue weighted by atomic mass is 16.5. The highest BCUT2D eigenvalue weighted by Crippen LogP contribution is 2.32. The van der Waals surface area contributed by atoms with E-state index in [-0.39, 0.29) is 0 Å². The fourth-order valence-corrected chi connectivity index (χ4v) is 2.00. The maximum atomic E-state index is 11.2. The van der Waals surface area contributed by atoms with Crippen LogP contribution in [0.4, 0.5) is 0 Å². The zero-order valence-corrected chi connectivity index (χ0v) is 8.90. The van der Waals surface area contributed by atoms with E-state index in [9.17, 15) is 4.79 Å². The maximum absolute atomic E-state index is 11.2. The number of hydrogen-bond donors (Lipinski definition) is 0. The van der Waals surface area contributed by atoms with Crippen molar-refractivity contribution in [2.24, 2.45) is 0 Å². The molecule has 1 aromatic heterocycles. The molecule has 2 rings (SSSR count). The van der Waals surface area contributed by atoms with E-state index in [2.05, 4.69) is 4.98 Å². The lowest BCUT2D eigenvalue weighted by molar-refractivity contribution is -0.117. The minimum Gasteiger partial charge on any atom is -0.492 e. The van der Waals surface area contributed by atoms with Crippen LogP contribution in [0.25, 0.3) is 0 Å². The normalized spacial score (nSPS) is 20.6. The van der Waals surface area contributed by atoms with Gasteiger partial charge in [-0.2, -0.15) is 0 Å². The minimum atomic E-state index is 0.352. The van der Waals surface area contributed by atoms with Gasteiger partial charge in [0.1, 0.15) is 11.5 Å². The van der Waals surface area contributed by atoms with Gasteiger partial charge in [0.2, 0.25) is 0 Å². The monoisotopic (exact) mass is 205 g/mol. The van der Waals surface area contributed by atoms with Crippen molar-refractivity contribution in [3.63, 3.8) is 0 Å². The van der Waals surface area contributed by atoms with E-state index in [1.807, 2.05) is 19.2 Å². The van der Waals surface area contributed by atoms with Crippen LogP contribution in [0.3, 0.4) is 0 Å². The molecule has 0 aliphatic heterocycles. The van der Waals surface area contributed by atoms with Gasteiger partial charge in [0.15, 0.2) is 0 Å². The molecule has 1 aliphatic carbocycles. The summed E-state index contributed by atoms with van der Waals surface area (Å²) in [5.74, 6) is 1.52. The first kappa shape index (κ1) is 10.1. The quantitative estimate of drug-likeness (QED) is 0.760. The number of carbonyl (C=O) groups excluding carboxylic acids is 1. The Hall–Kier alpha value is -1.38. The molecule has 1 unspecified atom stereocenters. The van der Waals surface area contributed by atoms with E-state index in [1.54, 1.807) is 6.20 Å². The molecular formula is C12H15NO2. The molecule has 0 N–H and O–H groups in total. The summed E-state index contributed by atoms with van der Waals surface area (Å²) in [6.45, 7) is 2.60. The topological polar surface area (TPSA) is 39.2 Å². The van der Waals surface area contributed by atoms with E-state index < -0.39 is 0 Å². The van der Waals surface area contributed by atoms with Crippen molar-refractivity contribution < 1.29 is 9.53 Å². The molecule has 1 aromatic rings. The predicted octanol–water partition coefficient (Wildman–Crippen LogP) is 2.32. The molecule has 0 radical (unpaired) electrons. The Morgan fingerprint density at radius 3 is 3.07 bits per heavy atom. The van der Waals surface area contributed by atoms with Crippen molar-refractivity contribution in [3.8, 4) is 5.75 Å². The van der Waals surface area contributed by atoms with Gasteiger partial charge in [-0.15, -0.1) is 0 Å². The van der Waals surface area contributed by atoms with Gasteiger partial charge in [-0.25, -0.2) is 0 Å². The van der Waals surface area contributed by atoms with Crippen LogP contribution in [0.15, 0.2) is 18.5 Å². The Kier molecular flexibility index (Phi) is 2.99. The molecule has 1 fully saturated rings. The third kappa shape index (κ3) is 2.35. The van der Waals surface area contributed by atoms with Gasteiger partial charge >= 0.3 is 0 Å². The Balaban J connectivity index is 2.14. The van der Waals surface area contributed by atoms with Crippen LogP contribution in [-0.2, 0) is 4.79 Å². The van der Waals surface area contributed by atoms with Gasteiger partial charge in [0.25, 0.3) is 0 Å². The molecule has 0 spiro atoms. The van der Waals surface area contributed by atoms with E-state index in [1.165, 1.54) is 0 Å². The first-order chi connectivity index (χ1) is 7.29. The summed E-state index contributed by atoms with van der Waals surface area (Å²) in [5.41, 5.74) is 1.13. The van der Waals surface area contributed by atoms with Gasteiger partial charge in [-0.1, -0.05) is 0 Å². The maximum Gasteiger partial charge on any atom is 0.137 e. The van der Waals surface area contributed by atoms with Gasteiger partial charge in [-0.05, 0) is 30.9 Å². The Labute approximate surface area is 89.5 Å². The third-order valence-electron chi connectivity index (χ3n) is 2.76. The summed E-state index contributed by atoms with van der Waals surface area (Å²) < 4.78 is 5.39. The van der Waals surface area contributed by atoms with Gasteiger partial charge in [-0.3, -0.25) is 9.78 Å². The Morgan fingerprint density at radius 2 is 2.40 bits per heavy atom. The molecule has 0 amide bonds. The van der Waals surface area contributed by atoms with Crippen LogP contribution in [0.1, 0.15) is 37.7 Å². The van der Waals surface area contributed by atoms with Crippen molar-refractivity contribution >= 4 is 5.78 Å². The summed E-state index contributed by atoms with van der Waals surface area (Å²) in [4.78, 5) is 15.3. The van der Waals surface area contributed by atoms with Crippen LogP contribution >= 0.6 is 0 Å². The second-order valence-corrected chi connectivity index (χ2v) is 3.87. The highest BCUT2D eigenvalue weighted by Gasteiger charge is 2.23. The summed E-state index contributed by atoms with van der Waals surface area (Å²) in [5, 5.41) is 0. The molecule has 1 saturated carbocycles. The van der Waals surface area contributed by atoms with Crippen molar-refractivity contribution in [2.45, 2.75) is 32.1 Å². The molecular weight excluding hydrogens is 190 g/mol. The molecule has 3 nitrogen and oxygen atoms in total. The number of aromatic nitrogens is 1. The number of Topliss-reactive ketones (excluding diaryl/α,β-unsaturated/α-hetero) is 1. The first-order valence-corrected chi connectivity index (χ1v) is 5.39. The van der Waals surface area contributed by atoms with Crippen molar-refractivity contribution in [1.82, 2.24) is 4.98 Å². The molecule has 1 atom stereocenters. The van der Waals surface area contributed by atoms with E-state index >= 15 is 0 Å². The first-order valence-electron chi connectivity index (χ1n) is 5.39. The molecule has 15 heavy (non-hydrogen) atoms. The smallest absolute Gasteiger partial charge is 0.137 e. The lowest BCUT2D eigenvalue weighted by atomic mass is 9.99. The standard InChI is InChI=1S/C12H15NO2/c1-2-15-12-6-10(7-13-8-12)9-3-4-11(14)5-9/h6-9H,2-5H2,1H3. The molecule has 0 saturated heterocycles. The zero-order chi connectivity index (χ0) is 10.7. The van der Waals surface area contributed by atoms with E-state index in [0.29, 0.717) is 31.1 Å². The molecule has 1 aliphatic rings. The lowest BCUT2D eigenvalue weighted by Gasteiger charge is -2.09. The summed E-state index contributed by atoms with van der Waals surface area (Å²) in [6.07, 6.45) is 5.88. The van der Waals surface area contributed by atoms with E-state index in [0.717, 1.165) is 17.7 Å². The Bertz CT molecular complexity index is 362. The molecule has 1 heterocycles. The number of carbonyl (C=O) groups is 1. The number of hydrogen-bond acceptors (Lipinski definition) is 3. The number of nitrogens with zero attached hydrogens (tertiary/aromatic N) is 1. The molecule has 0 aromatic carbocycles. The highest BCUT2D eigenvalue weighted by molar-refractivity contribution is 5.81. The molecule has 80 valence electrons. The summed E-state index contributed by atoms with van der Waals surface area (Å²) in [6, 6.07) is 2.00. The molecule has 3 heteroatoms. The lowest BCUT2D eigenvalue weighted by Crippen LogP contribution is -1.98. The average Bonchev–Trinajstić information content (AvgIpc) is 2.66. The third-order valence-corrected chi connectivity index (χ3v) is 2.76. The van der Waals surface area contributed by atoms with Crippen LogP contribution in [0.5, 0.6) is 5.75 Å². The number of pyridine rings is 1. The average molecular weight is 205 g/mol. The zero-order valence-electron chi connectivity index (χ0n) is 8.90. The predicted molar refractivity (Wildman–Crippen MR) is 57.0 cm³/mol. The second kappa shape index (κ2) is 4.43. The Morgan fingerprint density at radius 1 is 1.53 bits per heavy atom. The van der Waals surface area contributed by atoms with Gasteiger partial charge < -0.3 is 4.74 Å². The fraction of sp³-hybridized carbons (Fsp3) is 0.500. The van der Waals surface area contributed by atoms with Crippen molar-refractivity contribution in [2.75, 3.05) is 6.61 Å². The number of ether oxygens (including phenoxy) is 1. The number of rotatable bonds is 3. The van der Waals surface area contributed by atoms with Crippen molar-refractivity contribution in [1.29, 1.82) is 0 Å². The van der Waals surface area contributed by atoms with E-state index in [4.69, 9.17) is 4.74 Å². The van der Waals surface area contributed by atoms with Gasteiger partial charge in [0, 0.05) is 19.0 Å². The summed E-state index contributed by atoms with van der Waals surface area (Å²) >= 11 is 0.